The van der Waals surface area contributed by atoms with E-state index in [1.54, 1.807) is 5.32 Å². The zero-order valence-electron chi connectivity index (χ0n) is 12.4. The number of benzene rings is 1. The molecular weight excluding hydrogens is 370 g/mol. The zero-order valence-corrected chi connectivity index (χ0v) is 13.9. The molecule has 0 atom stereocenters. The molecule has 1 saturated heterocycles. The molecule has 132 valence electrons. The maximum absolute atomic E-state index is 12.4. The monoisotopic (exact) mass is 383 g/mol. The van der Waals surface area contributed by atoms with Crippen molar-refractivity contribution in [2.24, 2.45) is 0 Å². The van der Waals surface area contributed by atoms with Gasteiger partial charge in [0.2, 0.25) is 0 Å². The normalized spacial score (nSPS) is 15.4. The summed E-state index contributed by atoms with van der Waals surface area (Å²) in [4.78, 5) is 26.8. The molecule has 1 aliphatic rings. The minimum Gasteiger partial charge on any atom is -0.335 e. The van der Waals surface area contributed by atoms with Crippen LogP contribution >= 0.6 is 23.2 Å². The Kier molecular flexibility index (Phi) is 5.82. The molecule has 2 rings (SSSR count). The number of nitrogens with zero attached hydrogens (tertiary/aromatic N) is 2. The number of amides is 3. The molecule has 1 aromatic rings. The Bertz CT molecular complexity index is 612. The van der Waals surface area contributed by atoms with Gasteiger partial charge in [-0.3, -0.25) is 4.79 Å². The van der Waals surface area contributed by atoms with Crippen LogP contribution in [-0.2, 0) is 0 Å². The van der Waals surface area contributed by atoms with Crippen molar-refractivity contribution < 1.29 is 22.8 Å². The highest BCUT2D eigenvalue weighted by atomic mass is 35.5. The van der Waals surface area contributed by atoms with Gasteiger partial charge in [0.05, 0.1) is 0 Å². The molecule has 0 saturated carbocycles. The predicted octanol–water partition coefficient (Wildman–Crippen LogP) is 3.02. The standard InChI is InChI=1S/C14H14Cl2F3N3O2/c15-10-5-9(6-11(16)7-10)12(23)21-1-3-22(4-2-21)13(24)20-8-14(17,18)19/h5-7H,1-4,8H2,(H,20,24). The third kappa shape index (κ3) is 5.17. The summed E-state index contributed by atoms with van der Waals surface area (Å²) < 4.78 is 36.3. The quantitative estimate of drug-likeness (QED) is 0.853. The highest BCUT2D eigenvalue weighted by Crippen LogP contribution is 2.21. The first kappa shape index (κ1) is 18.7. The van der Waals surface area contributed by atoms with Crippen molar-refractivity contribution in [2.45, 2.75) is 6.18 Å². The minimum absolute atomic E-state index is 0.143. The lowest BCUT2D eigenvalue weighted by atomic mass is 10.2. The predicted molar refractivity (Wildman–Crippen MR) is 83.4 cm³/mol. The summed E-state index contributed by atoms with van der Waals surface area (Å²) in [7, 11) is 0. The topological polar surface area (TPSA) is 52.7 Å². The van der Waals surface area contributed by atoms with E-state index in [9.17, 15) is 22.8 Å². The summed E-state index contributed by atoms with van der Waals surface area (Å²) in [5, 5.41) is 2.47. The number of alkyl halides is 3. The Morgan fingerprint density at radius 1 is 1.00 bits per heavy atom. The minimum atomic E-state index is -4.46. The number of urea groups is 1. The number of carbonyl (C=O) groups excluding carboxylic acids is 2. The van der Waals surface area contributed by atoms with Gasteiger partial charge in [0.1, 0.15) is 6.54 Å². The molecule has 0 aromatic heterocycles. The Morgan fingerprint density at radius 2 is 1.50 bits per heavy atom. The van der Waals surface area contributed by atoms with Gasteiger partial charge in [0.15, 0.2) is 0 Å². The highest BCUT2D eigenvalue weighted by molar-refractivity contribution is 6.35. The van der Waals surface area contributed by atoms with Crippen LogP contribution in [0.15, 0.2) is 18.2 Å². The molecule has 1 fully saturated rings. The maximum atomic E-state index is 12.4. The molecule has 1 aliphatic heterocycles. The van der Waals surface area contributed by atoms with E-state index < -0.39 is 18.8 Å². The van der Waals surface area contributed by atoms with Crippen LogP contribution in [0, 0.1) is 0 Å². The van der Waals surface area contributed by atoms with E-state index in [1.165, 1.54) is 28.0 Å². The highest BCUT2D eigenvalue weighted by Gasteiger charge is 2.30. The van der Waals surface area contributed by atoms with Crippen LogP contribution in [0.1, 0.15) is 10.4 Å². The van der Waals surface area contributed by atoms with Crippen molar-refractivity contribution in [3.8, 4) is 0 Å². The summed E-state index contributed by atoms with van der Waals surface area (Å²) in [6.07, 6.45) is -4.46. The molecule has 1 heterocycles. The van der Waals surface area contributed by atoms with E-state index in [2.05, 4.69) is 0 Å². The van der Waals surface area contributed by atoms with Crippen molar-refractivity contribution in [1.29, 1.82) is 0 Å². The lowest BCUT2D eigenvalue weighted by molar-refractivity contribution is -0.123. The van der Waals surface area contributed by atoms with E-state index in [-0.39, 0.29) is 32.1 Å². The van der Waals surface area contributed by atoms with Gasteiger partial charge < -0.3 is 15.1 Å². The lowest BCUT2D eigenvalue weighted by Gasteiger charge is -2.34. The Balaban J connectivity index is 1.90. The third-order valence-electron chi connectivity index (χ3n) is 3.40. The fourth-order valence-electron chi connectivity index (χ4n) is 2.26. The number of hydrogen-bond donors (Lipinski definition) is 1. The van der Waals surface area contributed by atoms with Crippen LogP contribution < -0.4 is 5.32 Å². The summed E-state index contributed by atoms with van der Waals surface area (Å²) in [6, 6.07) is 3.67. The van der Waals surface area contributed by atoms with Crippen molar-refractivity contribution in [1.82, 2.24) is 15.1 Å². The van der Waals surface area contributed by atoms with Gasteiger partial charge in [-0.25, -0.2) is 4.79 Å². The molecule has 0 unspecified atom stereocenters. The number of carbonyl (C=O) groups is 2. The van der Waals surface area contributed by atoms with Crippen LogP contribution in [-0.4, -0.2) is 60.6 Å². The van der Waals surface area contributed by atoms with Crippen molar-refractivity contribution in [3.63, 3.8) is 0 Å². The summed E-state index contributed by atoms with van der Waals surface area (Å²) in [5.41, 5.74) is 0.322. The van der Waals surface area contributed by atoms with E-state index in [0.717, 1.165) is 0 Å². The molecule has 0 aliphatic carbocycles. The van der Waals surface area contributed by atoms with Crippen molar-refractivity contribution in [3.05, 3.63) is 33.8 Å². The summed E-state index contributed by atoms with van der Waals surface area (Å²) in [6.45, 7) is -0.676. The van der Waals surface area contributed by atoms with Crippen molar-refractivity contribution in [2.75, 3.05) is 32.7 Å². The van der Waals surface area contributed by atoms with Crippen LogP contribution in [0.5, 0.6) is 0 Å². The van der Waals surface area contributed by atoms with E-state index in [1.807, 2.05) is 0 Å². The van der Waals surface area contributed by atoms with Gasteiger partial charge in [-0.2, -0.15) is 13.2 Å². The molecule has 0 spiro atoms. The number of piperazine rings is 1. The largest absolute Gasteiger partial charge is 0.405 e. The number of hydrogen-bond acceptors (Lipinski definition) is 2. The SMILES string of the molecule is O=C(NCC(F)(F)F)N1CCN(C(=O)c2cc(Cl)cc(Cl)c2)CC1. The molecule has 10 heteroatoms. The average Bonchev–Trinajstić information content (AvgIpc) is 2.50. The van der Waals surface area contributed by atoms with Crippen LogP contribution in [0.4, 0.5) is 18.0 Å². The van der Waals surface area contributed by atoms with Gasteiger partial charge >= 0.3 is 12.2 Å². The molecule has 3 amide bonds. The molecular formula is C14H14Cl2F3N3O2. The maximum Gasteiger partial charge on any atom is 0.405 e. The van der Waals surface area contributed by atoms with Gasteiger partial charge in [-0.15, -0.1) is 0 Å². The molecule has 1 aromatic carbocycles. The van der Waals surface area contributed by atoms with Crippen LogP contribution in [0.2, 0.25) is 10.0 Å². The first-order valence-electron chi connectivity index (χ1n) is 7.00. The van der Waals surface area contributed by atoms with E-state index >= 15 is 0 Å². The fraction of sp³-hybridized carbons (Fsp3) is 0.429. The molecule has 1 N–H and O–H groups in total. The van der Waals surface area contributed by atoms with E-state index in [0.29, 0.717) is 15.6 Å². The molecule has 24 heavy (non-hydrogen) atoms. The Morgan fingerprint density at radius 3 is 2.00 bits per heavy atom. The number of halogens is 5. The summed E-state index contributed by atoms with van der Waals surface area (Å²) >= 11 is 11.7. The average molecular weight is 384 g/mol. The molecule has 5 nitrogen and oxygen atoms in total. The van der Waals surface area contributed by atoms with Crippen LogP contribution in [0.3, 0.4) is 0 Å². The second-order valence-electron chi connectivity index (χ2n) is 5.21. The van der Waals surface area contributed by atoms with Gasteiger partial charge in [-0.1, -0.05) is 23.2 Å². The number of rotatable bonds is 2. The lowest BCUT2D eigenvalue weighted by Crippen LogP contribution is -2.54. The first-order chi connectivity index (χ1) is 11.2. The number of nitrogens with one attached hydrogen (secondary N) is 1. The van der Waals surface area contributed by atoms with E-state index in [4.69, 9.17) is 23.2 Å². The smallest absolute Gasteiger partial charge is 0.335 e. The van der Waals surface area contributed by atoms with Crippen molar-refractivity contribution >= 4 is 35.1 Å². The van der Waals surface area contributed by atoms with Gasteiger partial charge in [0, 0.05) is 41.8 Å². The molecule has 0 radical (unpaired) electrons. The van der Waals surface area contributed by atoms with Gasteiger partial charge in [-0.05, 0) is 18.2 Å². The Hall–Kier alpha value is -1.67. The fourth-order valence-corrected chi connectivity index (χ4v) is 2.79. The second kappa shape index (κ2) is 7.48. The van der Waals surface area contributed by atoms with Gasteiger partial charge in [0.25, 0.3) is 5.91 Å². The third-order valence-corrected chi connectivity index (χ3v) is 3.84. The Labute approximate surface area is 146 Å². The summed E-state index contributed by atoms with van der Waals surface area (Å²) in [5.74, 6) is -0.297. The second-order valence-corrected chi connectivity index (χ2v) is 6.08. The first-order valence-corrected chi connectivity index (χ1v) is 7.76. The zero-order chi connectivity index (χ0) is 17.9. The molecule has 0 bridgehead atoms. The van der Waals surface area contributed by atoms with Crippen LogP contribution in [0.25, 0.3) is 0 Å².